The van der Waals surface area contributed by atoms with Crippen molar-refractivity contribution in [1.29, 1.82) is 0 Å². The van der Waals surface area contributed by atoms with Gasteiger partial charge in [-0.25, -0.2) is 0 Å². The van der Waals surface area contributed by atoms with Gasteiger partial charge >= 0.3 is 0 Å². The number of anilines is 1. The van der Waals surface area contributed by atoms with Crippen LogP contribution in [-0.2, 0) is 0 Å². The highest BCUT2D eigenvalue weighted by Gasteiger charge is 2.44. The number of nitrogens with zero attached hydrogens (tertiary/aromatic N) is 2. The molecule has 0 amide bonds. The van der Waals surface area contributed by atoms with E-state index in [1.807, 2.05) is 0 Å². The molecule has 0 bridgehead atoms. The molecule has 6 aliphatic carbocycles. The zero-order valence-corrected chi connectivity index (χ0v) is 32.2. The summed E-state index contributed by atoms with van der Waals surface area (Å²) in [6, 6.07) is 14.8. The zero-order valence-electron chi connectivity index (χ0n) is 32.2. The van der Waals surface area contributed by atoms with Crippen LogP contribution >= 0.6 is 0 Å². The van der Waals surface area contributed by atoms with Gasteiger partial charge < -0.3 is 9.80 Å². The fourth-order valence-electron chi connectivity index (χ4n) is 11.3. The van der Waals surface area contributed by atoms with Crippen LogP contribution in [0.25, 0.3) is 11.6 Å². The highest BCUT2D eigenvalue weighted by atomic mass is 15.2. The van der Waals surface area contributed by atoms with Gasteiger partial charge in [-0.05, 0) is 117 Å². The first-order valence-corrected chi connectivity index (χ1v) is 20.4. The summed E-state index contributed by atoms with van der Waals surface area (Å²) in [5.41, 5.74) is 16.8. The van der Waals surface area contributed by atoms with Gasteiger partial charge in [0.25, 0.3) is 0 Å². The maximum absolute atomic E-state index is 2.75. The van der Waals surface area contributed by atoms with Gasteiger partial charge in [-0.3, -0.25) is 0 Å². The molecule has 2 nitrogen and oxygen atoms in total. The van der Waals surface area contributed by atoms with Gasteiger partial charge in [0.15, 0.2) is 0 Å². The van der Waals surface area contributed by atoms with Crippen molar-refractivity contribution < 1.29 is 0 Å². The Hall–Kier alpha value is -4.56. The Kier molecular flexibility index (Phi) is 7.80. The molecule has 8 aliphatic rings. The first-order valence-electron chi connectivity index (χ1n) is 20.4. The monoisotopic (exact) mass is 694 g/mol. The van der Waals surface area contributed by atoms with Gasteiger partial charge in [-0.2, -0.15) is 0 Å². The minimum Gasteiger partial charge on any atom is -0.376 e. The quantitative estimate of drug-likeness (QED) is 0.294. The largest absolute Gasteiger partial charge is 0.376 e. The lowest BCUT2D eigenvalue weighted by atomic mass is 9.59. The average Bonchev–Trinajstić information content (AvgIpc) is 3.51. The molecule has 8 unspecified atom stereocenters. The molecule has 2 heterocycles. The van der Waals surface area contributed by atoms with Gasteiger partial charge in [0.2, 0.25) is 0 Å². The number of allylic oxidation sites excluding steroid dienone is 12. The second-order valence-electron chi connectivity index (χ2n) is 18.2. The highest BCUT2D eigenvalue weighted by Crippen LogP contribution is 2.57. The van der Waals surface area contributed by atoms with Crippen LogP contribution < -0.4 is 4.90 Å². The molecule has 2 aromatic carbocycles. The van der Waals surface area contributed by atoms with E-state index >= 15 is 0 Å². The summed E-state index contributed by atoms with van der Waals surface area (Å²) in [4.78, 5) is 5.04. The van der Waals surface area contributed by atoms with Gasteiger partial charge in [0, 0.05) is 37.0 Å². The van der Waals surface area contributed by atoms with E-state index in [-0.39, 0.29) is 5.41 Å². The molecule has 53 heavy (non-hydrogen) atoms. The van der Waals surface area contributed by atoms with Crippen LogP contribution in [0.5, 0.6) is 0 Å². The van der Waals surface area contributed by atoms with E-state index in [0.29, 0.717) is 47.6 Å². The maximum Gasteiger partial charge on any atom is 0.0586 e. The van der Waals surface area contributed by atoms with Crippen molar-refractivity contribution in [1.82, 2.24) is 4.90 Å². The predicted octanol–water partition coefficient (Wildman–Crippen LogP) is 12.0. The molecule has 0 saturated heterocycles. The molecule has 2 aromatic rings. The Morgan fingerprint density at radius 1 is 0.811 bits per heavy atom. The molecular formula is C51H54N2. The lowest BCUT2D eigenvalue weighted by Gasteiger charge is -2.45. The molecule has 0 spiro atoms. The van der Waals surface area contributed by atoms with Gasteiger partial charge in [-0.1, -0.05) is 143 Å². The van der Waals surface area contributed by atoms with Crippen LogP contribution in [0.1, 0.15) is 98.9 Å². The fourth-order valence-corrected chi connectivity index (χ4v) is 11.3. The summed E-state index contributed by atoms with van der Waals surface area (Å²) in [5, 5.41) is 0. The summed E-state index contributed by atoms with van der Waals surface area (Å²) < 4.78 is 0. The van der Waals surface area contributed by atoms with E-state index in [9.17, 15) is 0 Å². The van der Waals surface area contributed by atoms with Crippen molar-refractivity contribution in [3.8, 4) is 0 Å². The molecule has 0 saturated carbocycles. The lowest BCUT2D eigenvalue weighted by Crippen LogP contribution is -2.41. The minimum atomic E-state index is 0.176. The van der Waals surface area contributed by atoms with Crippen LogP contribution in [0.15, 0.2) is 144 Å². The molecule has 0 radical (unpaired) electrons. The van der Waals surface area contributed by atoms with Crippen molar-refractivity contribution >= 4 is 17.3 Å². The predicted molar refractivity (Wildman–Crippen MR) is 224 cm³/mol. The van der Waals surface area contributed by atoms with Crippen molar-refractivity contribution in [2.75, 3.05) is 18.5 Å². The first-order chi connectivity index (χ1) is 25.7. The van der Waals surface area contributed by atoms with E-state index in [0.717, 1.165) is 32.2 Å². The summed E-state index contributed by atoms with van der Waals surface area (Å²) >= 11 is 0. The van der Waals surface area contributed by atoms with Gasteiger partial charge in [0.1, 0.15) is 0 Å². The lowest BCUT2D eigenvalue weighted by molar-refractivity contribution is 0.248. The third kappa shape index (κ3) is 5.42. The van der Waals surface area contributed by atoms with Crippen molar-refractivity contribution in [3.63, 3.8) is 0 Å². The fraction of sp³-hybridized carbons (Fsp3) is 0.373. The average molecular weight is 695 g/mol. The number of likely N-dealkylation sites (N-methyl/N-ethyl adjacent to an activating group) is 1. The third-order valence-corrected chi connectivity index (χ3v) is 14.0. The molecule has 0 aromatic heterocycles. The molecule has 10 rings (SSSR count). The molecule has 268 valence electrons. The molecule has 0 fully saturated rings. The summed E-state index contributed by atoms with van der Waals surface area (Å²) in [6.45, 7) is 10.7. The number of fused-ring (bicyclic) bond motifs is 3. The Morgan fingerprint density at radius 2 is 1.68 bits per heavy atom. The summed E-state index contributed by atoms with van der Waals surface area (Å²) in [5.74, 6) is 2.97. The number of rotatable bonds is 4. The van der Waals surface area contributed by atoms with Gasteiger partial charge in [0.05, 0.1) is 12.1 Å². The zero-order chi connectivity index (χ0) is 36.0. The Morgan fingerprint density at radius 3 is 2.53 bits per heavy atom. The normalized spacial score (nSPS) is 32.0. The van der Waals surface area contributed by atoms with E-state index < -0.39 is 0 Å². The van der Waals surface area contributed by atoms with Crippen LogP contribution in [0.2, 0.25) is 0 Å². The van der Waals surface area contributed by atoms with Crippen LogP contribution in [0.4, 0.5) is 5.69 Å². The molecule has 8 atom stereocenters. The summed E-state index contributed by atoms with van der Waals surface area (Å²) in [6.07, 6.45) is 41.3. The third-order valence-electron chi connectivity index (χ3n) is 14.0. The van der Waals surface area contributed by atoms with Crippen molar-refractivity contribution in [3.05, 3.63) is 172 Å². The number of hydrogen-bond donors (Lipinski definition) is 0. The Labute approximate surface area is 317 Å². The van der Waals surface area contributed by atoms with E-state index in [2.05, 4.69) is 172 Å². The maximum atomic E-state index is 2.75. The SMILES string of the molecule is CC1CC(C2=CC=CN(C)C2)=CCC1C1C=C(C2=CC(N3c4ccccc4C4C=CC=CC43)CC=C2)c2ccc3c4c2C1C=CC4CC(C(C)(C)C)=C3. The second kappa shape index (κ2) is 12.5. The molecule has 0 N–H and O–H groups in total. The molecule has 2 heteroatoms. The first kappa shape index (κ1) is 33.0. The van der Waals surface area contributed by atoms with Crippen LogP contribution in [0, 0.1) is 23.2 Å². The molecule has 2 aliphatic heterocycles. The summed E-state index contributed by atoms with van der Waals surface area (Å²) in [7, 11) is 2.19. The van der Waals surface area contributed by atoms with Crippen molar-refractivity contribution in [2.24, 2.45) is 23.2 Å². The smallest absolute Gasteiger partial charge is 0.0586 e. The van der Waals surface area contributed by atoms with Crippen LogP contribution in [-0.4, -0.2) is 30.6 Å². The van der Waals surface area contributed by atoms with Gasteiger partial charge in [-0.15, -0.1) is 0 Å². The topological polar surface area (TPSA) is 6.48 Å². The van der Waals surface area contributed by atoms with E-state index in [1.54, 1.807) is 22.3 Å². The number of hydrogen-bond acceptors (Lipinski definition) is 2. The minimum absolute atomic E-state index is 0.176. The molecular weight excluding hydrogens is 641 g/mol. The Bertz CT molecular complexity index is 2180. The highest BCUT2D eigenvalue weighted by molar-refractivity contribution is 5.88. The van der Waals surface area contributed by atoms with E-state index in [4.69, 9.17) is 0 Å². The Balaban J connectivity index is 1.08. The number of para-hydroxylation sites is 1. The number of benzene rings is 2. The second-order valence-corrected chi connectivity index (χ2v) is 18.2. The van der Waals surface area contributed by atoms with Crippen molar-refractivity contribution in [2.45, 2.75) is 83.2 Å². The van der Waals surface area contributed by atoms with Crippen LogP contribution in [0.3, 0.4) is 0 Å². The standard InChI is InChI=1S/C51H54N2/c1-32-26-33(37-13-11-25-52(5)31-37)19-22-40(32)46-30-45(43-23-20-35-27-38(51(2,3)4)28-36-21-24-44(46)50(43)49(35)36)34-12-10-14-39(29-34)53-47-17-8-6-15-41(47)42-16-7-9-18-48(42)53/h6-13,15-21,23-25,27,29-30,32,36,39-41,44,46-47H,14,22,26,28,31H2,1-5H3. The van der Waals surface area contributed by atoms with E-state index in [1.165, 1.54) is 39.1 Å².